The Kier molecular flexibility index (Phi) is 6.32. The maximum atomic E-state index is 9.10. The van der Waals surface area contributed by atoms with Crippen molar-refractivity contribution in [3.8, 4) is 0 Å². The number of carboxylic acid groups (broad SMARTS) is 2. The molecule has 6 heteroatoms. The lowest BCUT2D eigenvalue weighted by molar-refractivity contribution is -0.159. The van der Waals surface area contributed by atoms with E-state index in [0.29, 0.717) is 0 Å². The minimum Gasteiger partial charge on any atom is -0.473 e. The molecule has 19 heavy (non-hydrogen) atoms. The second kappa shape index (κ2) is 7.76. The first-order valence-corrected chi connectivity index (χ1v) is 6.30. The van der Waals surface area contributed by atoms with Crippen LogP contribution in [0.4, 0.5) is 0 Å². The molecule has 0 unspecified atom stereocenters. The average Bonchev–Trinajstić information content (AvgIpc) is 2.85. The number of benzene rings is 1. The first kappa shape index (κ1) is 15.5. The highest BCUT2D eigenvalue weighted by Gasteiger charge is 2.11. The van der Waals surface area contributed by atoms with E-state index in [2.05, 4.69) is 17.0 Å². The summed E-state index contributed by atoms with van der Waals surface area (Å²) < 4.78 is 0. The van der Waals surface area contributed by atoms with Crippen LogP contribution in [0, 0.1) is 0 Å². The largest absolute Gasteiger partial charge is 0.473 e. The lowest BCUT2D eigenvalue weighted by Gasteiger charge is -2.14. The molecule has 2 N–H and O–H groups in total. The molecular formula is C13H16ClNO4. The Morgan fingerprint density at radius 1 is 1.05 bits per heavy atom. The van der Waals surface area contributed by atoms with E-state index in [1.807, 2.05) is 12.1 Å². The summed E-state index contributed by atoms with van der Waals surface area (Å²) in [5.41, 5.74) is 1.37. The van der Waals surface area contributed by atoms with Gasteiger partial charge >= 0.3 is 11.9 Å². The second-order valence-electron chi connectivity index (χ2n) is 4.22. The molecule has 0 spiro atoms. The van der Waals surface area contributed by atoms with Gasteiger partial charge in [0, 0.05) is 11.6 Å². The number of carboxylic acids is 2. The van der Waals surface area contributed by atoms with E-state index < -0.39 is 11.9 Å². The Morgan fingerprint density at radius 2 is 1.53 bits per heavy atom. The Morgan fingerprint density at radius 3 is 1.95 bits per heavy atom. The molecular weight excluding hydrogens is 270 g/mol. The number of likely N-dealkylation sites (tertiary alicyclic amines) is 1. The summed E-state index contributed by atoms with van der Waals surface area (Å²) in [4.78, 5) is 20.7. The van der Waals surface area contributed by atoms with E-state index in [0.717, 1.165) is 11.6 Å². The summed E-state index contributed by atoms with van der Waals surface area (Å²) in [6.45, 7) is 3.59. The summed E-state index contributed by atoms with van der Waals surface area (Å²) >= 11 is 5.81. The smallest absolute Gasteiger partial charge is 0.414 e. The van der Waals surface area contributed by atoms with Crippen molar-refractivity contribution in [1.82, 2.24) is 4.90 Å². The molecule has 104 valence electrons. The molecule has 0 amide bonds. The zero-order valence-corrected chi connectivity index (χ0v) is 11.1. The highest BCUT2D eigenvalue weighted by Crippen LogP contribution is 2.14. The zero-order chi connectivity index (χ0) is 14.3. The summed E-state index contributed by atoms with van der Waals surface area (Å²) in [5, 5.41) is 15.6. The lowest BCUT2D eigenvalue weighted by Crippen LogP contribution is -2.18. The van der Waals surface area contributed by atoms with Gasteiger partial charge in [-0.15, -0.1) is 0 Å². The molecule has 1 saturated heterocycles. The van der Waals surface area contributed by atoms with Crippen LogP contribution >= 0.6 is 11.6 Å². The van der Waals surface area contributed by atoms with Gasteiger partial charge in [-0.05, 0) is 43.6 Å². The maximum absolute atomic E-state index is 9.10. The molecule has 0 bridgehead atoms. The van der Waals surface area contributed by atoms with Gasteiger partial charge in [-0.3, -0.25) is 4.90 Å². The summed E-state index contributed by atoms with van der Waals surface area (Å²) in [6.07, 6.45) is 2.71. The molecule has 0 aliphatic carbocycles. The summed E-state index contributed by atoms with van der Waals surface area (Å²) in [5.74, 6) is -3.65. The fourth-order valence-electron chi connectivity index (χ4n) is 1.79. The van der Waals surface area contributed by atoms with Crippen LogP contribution in [0.15, 0.2) is 24.3 Å². The topological polar surface area (TPSA) is 77.8 Å². The Balaban J connectivity index is 0.000000258. The Hall–Kier alpha value is -1.59. The Bertz CT molecular complexity index is 415. The van der Waals surface area contributed by atoms with Crippen LogP contribution in [-0.2, 0) is 16.1 Å². The van der Waals surface area contributed by atoms with Crippen molar-refractivity contribution < 1.29 is 19.8 Å². The van der Waals surface area contributed by atoms with Crippen molar-refractivity contribution in [3.05, 3.63) is 34.9 Å². The molecule has 0 saturated carbocycles. The van der Waals surface area contributed by atoms with E-state index in [1.54, 1.807) is 0 Å². The molecule has 1 aliphatic rings. The van der Waals surface area contributed by atoms with Crippen molar-refractivity contribution in [2.45, 2.75) is 19.4 Å². The SMILES string of the molecule is Clc1ccc(CN2CCCC2)cc1.O=C(O)C(=O)O. The molecule has 5 nitrogen and oxygen atoms in total. The summed E-state index contributed by atoms with van der Waals surface area (Å²) in [7, 11) is 0. The highest BCUT2D eigenvalue weighted by atomic mass is 35.5. The molecule has 1 fully saturated rings. The van der Waals surface area contributed by atoms with Gasteiger partial charge in [0.15, 0.2) is 0 Å². The van der Waals surface area contributed by atoms with Crippen molar-refractivity contribution >= 4 is 23.5 Å². The van der Waals surface area contributed by atoms with E-state index in [4.69, 9.17) is 31.4 Å². The van der Waals surface area contributed by atoms with Gasteiger partial charge in [-0.2, -0.15) is 0 Å². The molecule has 0 aromatic heterocycles. The zero-order valence-electron chi connectivity index (χ0n) is 10.4. The maximum Gasteiger partial charge on any atom is 0.414 e. The third kappa shape index (κ3) is 6.22. The number of carbonyl (C=O) groups is 2. The molecule has 0 radical (unpaired) electrons. The van der Waals surface area contributed by atoms with E-state index in [1.165, 1.54) is 31.5 Å². The molecule has 1 aliphatic heterocycles. The highest BCUT2D eigenvalue weighted by molar-refractivity contribution is 6.30. The van der Waals surface area contributed by atoms with Gasteiger partial charge in [-0.25, -0.2) is 9.59 Å². The predicted molar refractivity (Wildman–Crippen MR) is 71.2 cm³/mol. The molecule has 0 atom stereocenters. The number of hydrogen-bond donors (Lipinski definition) is 2. The third-order valence-corrected chi connectivity index (χ3v) is 2.95. The van der Waals surface area contributed by atoms with Crippen LogP contribution in [0.2, 0.25) is 5.02 Å². The third-order valence-electron chi connectivity index (χ3n) is 2.70. The normalized spacial score (nSPS) is 14.6. The van der Waals surface area contributed by atoms with Crippen molar-refractivity contribution in [2.75, 3.05) is 13.1 Å². The molecule has 2 rings (SSSR count). The first-order valence-electron chi connectivity index (χ1n) is 5.92. The summed E-state index contributed by atoms with van der Waals surface area (Å²) in [6, 6.07) is 8.15. The van der Waals surface area contributed by atoms with Gasteiger partial charge in [0.25, 0.3) is 0 Å². The van der Waals surface area contributed by atoms with E-state index >= 15 is 0 Å². The number of nitrogens with zero attached hydrogens (tertiary/aromatic N) is 1. The number of halogens is 1. The predicted octanol–water partition coefficient (Wildman–Crippen LogP) is 2.09. The fraction of sp³-hybridized carbons (Fsp3) is 0.385. The van der Waals surface area contributed by atoms with E-state index in [-0.39, 0.29) is 0 Å². The standard InChI is InChI=1S/C11H14ClN.C2H2O4/c12-11-5-3-10(4-6-11)9-13-7-1-2-8-13;3-1(4)2(5)6/h3-6H,1-2,7-9H2;(H,3,4)(H,5,6). The van der Waals surface area contributed by atoms with Gasteiger partial charge < -0.3 is 10.2 Å². The van der Waals surface area contributed by atoms with Crippen LogP contribution in [0.3, 0.4) is 0 Å². The van der Waals surface area contributed by atoms with Crippen molar-refractivity contribution in [2.24, 2.45) is 0 Å². The second-order valence-corrected chi connectivity index (χ2v) is 4.66. The molecule has 1 aromatic rings. The van der Waals surface area contributed by atoms with E-state index in [9.17, 15) is 0 Å². The van der Waals surface area contributed by atoms with Crippen LogP contribution in [0.5, 0.6) is 0 Å². The van der Waals surface area contributed by atoms with Crippen molar-refractivity contribution in [3.63, 3.8) is 0 Å². The number of aliphatic carboxylic acids is 2. The van der Waals surface area contributed by atoms with Gasteiger partial charge in [0.1, 0.15) is 0 Å². The van der Waals surface area contributed by atoms with Crippen LogP contribution < -0.4 is 0 Å². The van der Waals surface area contributed by atoms with Crippen LogP contribution in [-0.4, -0.2) is 40.1 Å². The lowest BCUT2D eigenvalue weighted by atomic mass is 10.2. The first-order chi connectivity index (χ1) is 8.99. The minimum absolute atomic E-state index is 0.824. The Labute approximate surface area is 116 Å². The van der Waals surface area contributed by atoms with Crippen LogP contribution in [0.1, 0.15) is 18.4 Å². The monoisotopic (exact) mass is 285 g/mol. The molecule has 1 heterocycles. The number of hydrogen-bond acceptors (Lipinski definition) is 3. The van der Waals surface area contributed by atoms with Gasteiger partial charge in [0.05, 0.1) is 0 Å². The van der Waals surface area contributed by atoms with Crippen LogP contribution in [0.25, 0.3) is 0 Å². The van der Waals surface area contributed by atoms with Gasteiger partial charge in [0.2, 0.25) is 0 Å². The molecule has 1 aromatic carbocycles. The average molecular weight is 286 g/mol. The number of rotatable bonds is 2. The minimum atomic E-state index is -1.82. The van der Waals surface area contributed by atoms with Gasteiger partial charge in [-0.1, -0.05) is 23.7 Å². The quantitative estimate of drug-likeness (QED) is 0.814. The van der Waals surface area contributed by atoms with Crippen molar-refractivity contribution in [1.29, 1.82) is 0 Å². The fourth-order valence-corrected chi connectivity index (χ4v) is 1.91.